The molecule has 1 fully saturated rings. The fourth-order valence-corrected chi connectivity index (χ4v) is 2.48. The zero-order valence-electron chi connectivity index (χ0n) is 10.4. The molecule has 2 rings (SSSR count). The highest BCUT2D eigenvalue weighted by Gasteiger charge is 2.16. The van der Waals surface area contributed by atoms with Crippen molar-refractivity contribution in [2.45, 2.75) is 31.9 Å². The number of hydrogen-bond donors (Lipinski definition) is 0. The van der Waals surface area contributed by atoms with E-state index in [2.05, 4.69) is 18.0 Å². The van der Waals surface area contributed by atoms with Crippen LogP contribution in [0.1, 0.15) is 24.8 Å². The second kappa shape index (κ2) is 6.39. The van der Waals surface area contributed by atoms with Crippen LogP contribution < -0.4 is 0 Å². The van der Waals surface area contributed by atoms with Crippen LogP contribution in [0, 0.1) is 0 Å². The van der Waals surface area contributed by atoms with Gasteiger partial charge in [-0.05, 0) is 37.9 Å². The third kappa shape index (κ3) is 3.98. The van der Waals surface area contributed by atoms with Crippen molar-refractivity contribution in [3.05, 3.63) is 34.9 Å². The highest BCUT2D eigenvalue weighted by atomic mass is 35.5. The molecule has 1 saturated heterocycles. The lowest BCUT2D eigenvalue weighted by Gasteiger charge is -2.27. The summed E-state index contributed by atoms with van der Waals surface area (Å²) in [5.41, 5.74) is 1.19. The van der Waals surface area contributed by atoms with Gasteiger partial charge < -0.3 is 4.74 Å². The summed E-state index contributed by atoms with van der Waals surface area (Å²) in [5, 5.41) is 0.851. The van der Waals surface area contributed by atoms with Crippen LogP contribution in [0.2, 0.25) is 5.02 Å². The van der Waals surface area contributed by atoms with Gasteiger partial charge >= 0.3 is 0 Å². The first-order valence-electron chi connectivity index (χ1n) is 6.29. The van der Waals surface area contributed by atoms with Crippen LogP contribution in [0.4, 0.5) is 0 Å². The molecular formula is C14H20ClNO. The van der Waals surface area contributed by atoms with Gasteiger partial charge in [-0.15, -0.1) is 0 Å². The van der Waals surface area contributed by atoms with Crippen molar-refractivity contribution in [3.63, 3.8) is 0 Å². The second-order valence-corrected chi connectivity index (χ2v) is 5.18. The third-order valence-electron chi connectivity index (χ3n) is 3.19. The Balaban J connectivity index is 1.84. The maximum atomic E-state index is 6.15. The van der Waals surface area contributed by atoms with E-state index < -0.39 is 0 Å². The Morgan fingerprint density at radius 2 is 2.18 bits per heavy atom. The predicted molar refractivity (Wildman–Crippen MR) is 71.4 cm³/mol. The molecule has 2 nitrogen and oxygen atoms in total. The van der Waals surface area contributed by atoms with Crippen LogP contribution in [0.3, 0.4) is 0 Å². The van der Waals surface area contributed by atoms with Crippen LogP contribution in [0.25, 0.3) is 0 Å². The molecule has 1 atom stereocenters. The highest BCUT2D eigenvalue weighted by molar-refractivity contribution is 6.31. The predicted octanol–water partition coefficient (Wildman–Crippen LogP) is 3.34. The van der Waals surface area contributed by atoms with Crippen LogP contribution in [0.5, 0.6) is 0 Å². The summed E-state index contributed by atoms with van der Waals surface area (Å²) >= 11 is 6.15. The van der Waals surface area contributed by atoms with Gasteiger partial charge in [-0.25, -0.2) is 0 Å². The van der Waals surface area contributed by atoms with Gasteiger partial charge in [-0.2, -0.15) is 0 Å². The summed E-state index contributed by atoms with van der Waals surface area (Å²) in [6.07, 6.45) is 4.10. The lowest BCUT2D eigenvalue weighted by Crippen LogP contribution is -2.33. The van der Waals surface area contributed by atoms with Crippen LogP contribution in [0.15, 0.2) is 24.3 Å². The second-order valence-electron chi connectivity index (χ2n) is 4.78. The number of nitrogens with zero attached hydrogens (tertiary/aromatic N) is 1. The molecular weight excluding hydrogens is 234 g/mol. The maximum Gasteiger partial charge on any atom is 0.0702 e. The van der Waals surface area contributed by atoms with Crippen molar-refractivity contribution in [2.24, 2.45) is 0 Å². The van der Waals surface area contributed by atoms with Crippen LogP contribution >= 0.6 is 11.6 Å². The molecule has 94 valence electrons. The lowest BCUT2D eigenvalue weighted by atomic mass is 10.1. The van der Waals surface area contributed by atoms with Crippen molar-refractivity contribution in [2.75, 3.05) is 20.2 Å². The van der Waals surface area contributed by atoms with Gasteiger partial charge in [0.15, 0.2) is 0 Å². The molecule has 0 aliphatic carbocycles. The van der Waals surface area contributed by atoms with Gasteiger partial charge in [0.1, 0.15) is 0 Å². The molecule has 0 spiro atoms. The monoisotopic (exact) mass is 253 g/mol. The highest BCUT2D eigenvalue weighted by Crippen LogP contribution is 2.18. The first-order valence-corrected chi connectivity index (χ1v) is 6.67. The van der Waals surface area contributed by atoms with E-state index in [1.54, 1.807) is 0 Å². The molecule has 0 amide bonds. The average Bonchev–Trinajstić information content (AvgIpc) is 2.33. The first kappa shape index (κ1) is 12.9. The van der Waals surface area contributed by atoms with E-state index in [0.29, 0.717) is 6.10 Å². The van der Waals surface area contributed by atoms with Gasteiger partial charge in [0.2, 0.25) is 0 Å². The molecule has 17 heavy (non-hydrogen) atoms. The van der Waals surface area contributed by atoms with Gasteiger partial charge in [0.05, 0.1) is 6.10 Å². The average molecular weight is 254 g/mol. The Kier molecular flexibility index (Phi) is 4.84. The molecule has 1 aromatic rings. The van der Waals surface area contributed by atoms with E-state index in [9.17, 15) is 0 Å². The van der Waals surface area contributed by atoms with E-state index in [4.69, 9.17) is 16.3 Å². The number of rotatable bonds is 4. The molecule has 0 saturated carbocycles. The first-order chi connectivity index (χ1) is 8.25. The standard InChI is InChI=1S/C14H20ClNO/c1-16(11-13-7-4-5-9-17-13)10-12-6-2-3-8-14(12)15/h2-3,6,8,13H,4-5,7,9-11H2,1H3/t13-/m0/s1. The summed E-state index contributed by atoms with van der Waals surface area (Å²) in [4.78, 5) is 2.29. The molecule has 0 N–H and O–H groups in total. The summed E-state index contributed by atoms with van der Waals surface area (Å²) in [5.74, 6) is 0. The smallest absolute Gasteiger partial charge is 0.0702 e. The molecule has 1 aliphatic heterocycles. The van der Waals surface area contributed by atoms with Gasteiger partial charge in [-0.3, -0.25) is 4.90 Å². The zero-order chi connectivity index (χ0) is 12.1. The summed E-state index contributed by atoms with van der Waals surface area (Å²) in [6.45, 7) is 2.80. The van der Waals surface area contributed by atoms with Crippen molar-refractivity contribution in [3.8, 4) is 0 Å². The fourth-order valence-electron chi connectivity index (χ4n) is 2.28. The van der Waals surface area contributed by atoms with Crippen LogP contribution in [-0.4, -0.2) is 31.2 Å². The minimum absolute atomic E-state index is 0.399. The Bertz CT molecular complexity index is 350. The van der Waals surface area contributed by atoms with Crippen molar-refractivity contribution < 1.29 is 4.74 Å². The van der Waals surface area contributed by atoms with E-state index in [-0.39, 0.29) is 0 Å². The number of halogens is 1. The minimum Gasteiger partial charge on any atom is -0.377 e. The van der Waals surface area contributed by atoms with Crippen molar-refractivity contribution >= 4 is 11.6 Å². The third-order valence-corrected chi connectivity index (χ3v) is 3.56. The fraction of sp³-hybridized carbons (Fsp3) is 0.571. The van der Waals surface area contributed by atoms with Crippen molar-refractivity contribution in [1.29, 1.82) is 0 Å². The molecule has 0 radical (unpaired) electrons. The Morgan fingerprint density at radius 1 is 1.35 bits per heavy atom. The lowest BCUT2D eigenvalue weighted by molar-refractivity contribution is -0.00258. The van der Waals surface area contributed by atoms with Gasteiger partial charge in [0.25, 0.3) is 0 Å². The Labute approximate surface area is 109 Å². The van der Waals surface area contributed by atoms with Crippen LogP contribution in [-0.2, 0) is 11.3 Å². The van der Waals surface area contributed by atoms with E-state index in [1.807, 2.05) is 18.2 Å². The topological polar surface area (TPSA) is 12.5 Å². The molecule has 0 aromatic heterocycles. The molecule has 1 heterocycles. The van der Waals surface area contributed by atoms with Gasteiger partial charge in [0, 0.05) is 24.7 Å². The summed E-state index contributed by atoms with van der Waals surface area (Å²) in [6, 6.07) is 8.03. The SMILES string of the molecule is CN(Cc1ccccc1Cl)C[C@@H]1CCCCO1. The van der Waals surface area contributed by atoms with E-state index >= 15 is 0 Å². The van der Waals surface area contributed by atoms with E-state index in [1.165, 1.54) is 24.8 Å². The zero-order valence-corrected chi connectivity index (χ0v) is 11.1. The van der Waals surface area contributed by atoms with Gasteiger partial charge in [-0.1, -0.05) is 29.8 Å². The molecule has 3 heteroatoms. The Hall–Kier alpha value is -0.570. The summed E-state index contributed by atoms with van der Waals surface area (Å²) in [7, 11) is 2.13. The number of hydrogen-bond acceptors (Lipinski definition) is 2. The Morgan fingerprint density at radius 3 is 2.88 bits per heavy atom. The molecule has 0 bridgehead atoms. The molecule has 1 aliphatic rings. The number of benzene rings is 1. The molecule has 0 unspecified atom stereocenters. The maximum absolute atomic E-state index is 6.15. The molecule has 1 aromatic carbocycles. The summed E-state index contributed by atoms with van der Waals surface area (Å²) < 4.78 is 5.74. The minimum atomic E-state index is 0.399. The largest absolute Gasteiger partial charge is 0.377 e. The van der Waals surface area contributed by atoms with Crippen molar-refractivity contribution in [1.82, 2.24) is 4.90 Å². The number of ether oxygens (including phenoxy) is 1. The quantitative estimate of drug-likeness (QED) is 0.816. The number of likely N-dealkylation sites (N-methyl/N-ethyl adjacent to an activating group) is 1. The normalized spacial score (nSPS) is 20.8. The van der Waals surface area contributed by atoms with E-state index in [0.717, 1.165) is 24.7 Å².